The van der Waals surface area contributed by atoms with E-state index in [1.165, 1.54) is 29.2 Å². The van der Waals surface area contributed by atoms with Crippen molar-refractivity contribution in [1.82, 2.24) is 5.32 Å². The number of nitrogens with one attached hydrogen (secondary N) is 1. The summed E-state index contributed by atoms with van der Waals surface area (Å²) in [6.07, 6.45) is 2.48. The minimum absolute atomic E-state index is 0.672. The van der Waals surface area contributed by atoms with Crippen LogP contribution in [0.4, 0.5) is 0 Å². The number of thiophene rings is 1. The van der Waals surface area contributed by atoms with Gasteiger partial charge in [0.1, 0.15) is 0 Å². The molecule has 0 aliphatic heterocycles. The minimum Gasteiger partial charge on any atom is -0.313 e. The van der Waals surface area contributed by atoms with Crippen LogP contribution in [-0.2, 0) is 6.42 Å². The highest BCUT2D eigenvalue weighted by Crippen LogP contribution is 2.15. The Morgan fingerprint density at radius 3 is 2.76 bits per heavy atom. The van der Waals surface area contributed by atoms with Crippen LogP contribution >= 0.6 is 23.1 Å². The van der Waals surface area contributed by atoms with Crippen LogP contribution in [0.25, 0.3) is 0 Å². The zero-order valence-electron chi connectivity index (χ0n) is 11.2. The van der Waals surface area contributed by atoms with E-state index in [0.29, 0.717) is 6.04 Å². The first-order valence-electron chi connectivity index (χ1n) is 6.55. The molecule has 0 aliphatic carbocycles. The zero-order chi connectivity index (χ0) is 12.5. The number of hydrogen-bond donors (Lipinski definition) is 1. The van der Waals surface area contributed by atoms with E-state index < -0.39 is 0 Å². The van der Waals surface area contributed by atoms with Crippen LogP contribution in [-0.4, -0.2) is 24.1 Å². The van der Waals surface area contributed by atoms with Gasteiger partial charge < -0.3 is 5.32 Å². The highest BCUT2D eigenvalue weighted by molar-refractivity contribution is 7.99. The summed E-state index contributed by atoms with van der Waals surface area (Å²) in [6.45, 7) is 7.87. The molecule has 0 spiro atoms. The summed E-state index contributed by atoms with van der Waals surface area (Å²) >= 11 is 3.96. The standard InChI is InChI=1S/C14H25NS2/c1-4-15-13(11-16-10-12(2)3)7-8-14-6-5-9-17-14/h5-6,9,12-13,15H,4,7-8,10-11H2,1-3H3. The lowest BCUT2D eigenvalue weighted by Crippen LogP contribution is -2.31. The number of thioether (sulfide) groups is 1. The molecule has 1 aromatic rings. The maximum absolute atomic E-state index is 3.60. The van der Waals surface area contributed by atoms with Gasteiger partial charge in [-0.3, -0.25) is 0 Å². The molecule has 1 aromatic heterocycles. The number of hydrogen-bond acceptors (Lipinski definition) is 3. The molecule has 3 heteroatoms. The molecule has 17 heavy (non-hydrogen) atoms. The third-order valence-electron chi connectivity index (χ3n) is 2.58. The van der Waals surface area contributed by atoms with Crippen molar-refractivity contribution >= 4 is 23.1 Å². The molecule has 1 atom stereocenters. The summed E-state index contributed by atoms with van der Waals surface area (Å²) in [5, 5.41) is 5.77. The van der Waals surface area contributed by atoms with Crippen molar-refractivity contribution < 1.29 is 0 Å². The molecule has 0 fully saturated rings. The van der Waals surface area contributed by atoms with E-state index in [-0.39, 0.29) is 0 Å². The van der Waals surface area contributed by atoms with Crippen molar-refractivity contribution in [3.8, 4) is 0 Å². The molecule has 1 N–H and O–H groups in total. The summed E-state index contributed by atoms with van der Waals surface area (Å²) < 4.78 is 0. The Morgan fingerprint density at radius 1 is 1.35 bits per heavy atom. The van der Waals surface area contributed by atoms with Gasteiger partial charge in [-0.15, -0.1) is 11.3 Å². The molecule has 1 rings (SSSR count). The van der Waals surface area contributed by atoms with Gasteiger partial charge in [-0.25, -0.2) is 0 Å². The molecule has 1 unspecified atom stereocenters. The predicted molar refractivity (Wildman–Crippen MR) is 82.3 cm³/mol. The Bertz CT molecular complexity index is 270. The van der Waals surface area contributed by atoms with Gasteiger partial charge in [-0.1, -0.05) is 26.8 Å². The predicted octanol–water partition coefficient (Wildman–Crippen LogP) is 4.05. The van der Waals surface area contributed by atoms with Crippen molar-refractivity contribution in [2.75, 3.05) is 18.1 Å². The zero-order valence-corrected chi connectivity index (χ0v) is 12.9. The van der Waals surface area contributed by atoms with Gasteiger partial charge in [0.15, 0.2) is 0 Å². The number of aryl methyl sites for hydroxylation is 1. The Balaban J connectivity index is 2.22. The molecule has 98 valence electrons. The van der Waals surface area contributed by atoms with Gasteiger partial charge in [-0.05, 0) is 42.5 Å². The molecule has 0 bridgehead atoms. The van der Waals surface area contributed by atoms with Gasteiger partial charge in [-0.2, -0.15) is 11.8 Å². The largest absolute Gasteiger partial charge is 0.313 e. The molecule has 0 radical (unpaired) electrons. The van der Waals surface area contributed by atoms with Crippen LogP contribution in [0.1, 0.15) is 32.1 Å². The Morgan fingerprint density at radius 2 is 2.18 bits per heavy atom. The second-order valence-electron chi connectivity index (χ2n) is 4.80. The maximum Gasteiger partial charge on any atom is 0.0161 e. The first kappa shape index (κ1) is 15.1. The molecule has 0 saturated heterocycles. The summed E-state index contributed by atoms with van der Waals surface area (Å²) in [4.78, 5) is 1.52. The molecule has 1 heterocycles. The summed E-state index contributed by atoms with van der Waals surface area (Å²) in [5.74, 6) is 3.33. The highest BCUT2D eigenvalue weighted by atomic mass is 32.2. The van der Waals surface area contributed by atoms with Crippen molar-refractivity contribution in [2.45, 2.75) is 39.7 Å². The molecule has 0 aromatic carbocycles. The first-order valence-corrected chi connectivity index (χ1v) is 8.59. The SMILES string of the molecule is CCNC(CCc1cccs1)CSCC(C)C. The van der Waals surface area contributed by atoms with Crippen LogP contribution in [0.3, 0.4) is 0 Å². The number of rotatable bonds is 9. The fourth-order valence-electron chi connectivity index (χ4n) is 1.75. The fourth-order valence-corrected chi connectivity index (χ4v) is 3.65. The lowest BCUT2D eigenvalue weighted by molar-refractivity contribution is 0.539. The topological polar surface area (TPSA) is 12.0 Å². The van der Waals surface area contributed by atoms with Gasteiger partial charge in [0.25, 0.3) is 0 Å². The third-order valence-corrected chi connectivity index (χ3v) is 5.06. The highest BCUT2D eigenvalue weighted by Gasteiger charge is 2.08. The Labute approximate surface area is 114 Å². The Kier molecular flexibility index (Phi) is 7.99. The van der Waals surface area contributed by atoms with E-state index in [1.807, 2.05) is 11.3 Å². The van der Waals surface area contributed by atoms with E-state index in [1.54, 1.807) is 0 Å². The van der Waals surface area contributed by atoms with Crippen molar-refractivity contribution in [3.63, 3.8) is 0 Å². The van der Waals surface area contributed by atoms with Crippen LogP contribution in [0.5, 0.6) is 0 Å². The van der Waals surface area contributed by atoms with Crippen LogP contribution in [0.15, 0.2) is 17.5 Å². The maximum atomic E-state index is 3.60. The van der Waals surface area contributed by atoms with E-state index in [0.717, 1.165) is 12.5 Å². The first-order chi connectivity index (χ1) is 8.22. The Hall–Kier alpha value is 0.01000. The van der Waals surface area contributed by atoms with E-state index in [4.69, 9.17) is 0 Å². The van der Waals surface area contributed by atoms with E-state index in [9.17, 15) is 0 Å². The summed E-state index contributed by atoms with van der Waals surface area (Å²) in [7, 11) is 0. The summed E-state index contributed by atoms with van der Waals surface area (Å²) in [5.41, 5.74) is 0. The van der Waals surface area contributed by atoms with Crippen molar-refractivity contribution in [2.24, 2.45) is 5.92 Å². The van der Waals surface area contributed by atoms with E-state index >= 15 is 0 Å². The van der Waals surface area contributed by atoms with Crippen molar-refractivity contribution in [3.05, 3.63) is 22.4 Å². The molecule has 0 saturated carbocycles. The molecule has 0 amide bonds. The van der Waals surface area contributed by atoms with Gasteiger partial charge >= 0.3 is 0 Å². The second kappa shape index (κ2) is 9.01. The smallest absolute Gasteiger partial charge is 0.0161 e. The van der Waals surface area contributed by atoms with Gasteiger partial charge in [0.05, 0.1) is 0 Å². The molecular weight excluding hydrogens is 246 g/mol. The van der Waals surface area contributed by atoms with Crippen LogP contribution < -0.4 is 5.32 Å². The average Bonchev–Trinajstić information content (AvgIpc) is 2.78. The minimum atomic E-state index is 0.672. The average molecular weight is 271 g/mol. The molecule has 1 nitrogen and oxygen atoms in total. The van der Waals surface area contributed by atoms with Gasteiger partial charge in [0, 0.05) is 16.7 Å². The van der Waals surface area contributed by atoms with Gasteiger partial charge in [0.2, 0.25) is 0 Å². The normalized spacial score (nSPS) is 13.2. The lowest BCUT2D eigenvalue weighted by Gasteiger charge is -2.17. The quantitative estimate of drug-likeness (QED) is 0.727. The molecular formula is C14H25NS2. The van der Waals surface area contributed by atoms with E-state index in [2.05, 4.69) is 55.4 Å². The third kappa shape index (κ3) is 7.12. The monoisotopic (exact) mass is 271 g/mol. The van der Waals surface area contributed by atoms with Crippen molar-refractivity contribution in [1.29, 1.82) is 0 Å². The summed E-state index contributed by atoms with van der Waals surface area (Å²) in [6, 6.07) is 5.07. The van der Waals surface area contributed by atoms with Crippen LogP contribution in [0.2, 0.25) is 0 Å². The second-order valence-corrected chi connectivity index (χ2v) is 6.91. The lowest BCUT2D eigenvalue weighted by atomic mass is 10.1. The van der Waals surface area contributed by atoms with Crippen LogP contribution in [0, 0.1) is 5.92 Å². The molecule has 0 aliphatic rings. The fraction of sp³-hybridized carbons (Fsp3) is 0.714.